The summed E-state index contributed by atoms with van der Waals surface area (Å²) in [6.07, 6.45) is 2.55. The number of benzene rings is 1. The first-order chi connectivity index (χ1) is 9.56. The van der Waals surface area contributed by atoms with Gasteiger partial charge in [-0.3, -0.25) is 4.79 Å². The minimum Gasteiger partial charge on any atom is -0.348 e. The van der Waals surface area contributed by atoms with E-state index in [-0.39, 0.29) is 11.9 Å². The van der Waals surface area contributed by atoms with Crippen molar-refractivity contribution in [1.82, 2.24) is 10.2 Å². The first-order valence-electron chi connectivity index (χ1n) is 7.35. The van der Waals surface area contributed by atoms with Crippen LogP contribution >= 0.6 is 11.6 Å². The lowest BCUT2D eigenvalue weighted by molar-refractivity contribution is 0.0913. The molecule has 1 amide bonds. The van der Waals surface area contributed by atoms with Crippen molar-refractivity contribution in [3.63, 3.8) is 0 Å². The van der Waals surface area contributed by atoms with Crippen LogP contribution in [0.4, 0.5) is 0 Å². The first-order valence-corrected chi connectivity index (χ1v) is 7.73. The number of rotatable bonds is 5. The Balaban J connectivity index is 1.96. The zero-order valence-corrected chi connectivity index (χ0v) is 13.0. The molecule has 0 saturated carbocycles. The van der Waals surface area contributed by atoms with E-state index >= 15 is 0 Å². The SMILES string of the molecule is CC(C)C(CN1CCCC1)NC(=O)c1ccc(Cl)cc1. The van der Waals surface area contributed by atoms with E-state index in [0.29, 0.717) is 16.5 Å². The molecule has 2 rings (SSSR count). The lowest BCUT2D eigenvalue weighted by atomic mass is 10.0. The summed E-state index contributed by atoms with van der Waals surface area (Å²) < 4.78 is 0. The number of nitrogens with zero attached hydrogens (tertiary/aromatic N) is 1. The van der Waals surface area contributed by atoms with Crippen LogP contribution in [0.1, 0.15) is 37.0 Å². The third-order valence-corrected chi connectivity index (χ3v) is 4.13. The second kappa shape index (κ2) is 7.09. The lowest BCUT2D eigenvalue weighted by Gasteiger charge is -2.27. The van der Waals surface area contributed by atoms with Gasteiger partial charge >= 0.3 is 0 Å². The maximum absolute atomic E-state index is 12.3. The summed E-state index contributed by atoms with van der Waals surface area (Å²) in [4.78, 5) is 14.7. The zero-order chi connectivity index (χ0) is 14.5. The minimum absolute atomic E-state index is 0.0143. The first kappa shape index (κ1) is 15.3. The van der Waals surface area contributed by atoms with Crippen LogP contribution < -0.4 is 5.32 Å². The number of nitrogens with one attached hydrogen (secondary N) is 1. The maximum atomic E-state index is 12.3. The van der Waals surface area contributed by atoms with Gasteiger partial charge in [0.25, 0.3) is 5.91 Å². The summed E-state index contributed by atoms with van der Waals surface area (Å²) in [7, 11) is 0. The summed E-state index contributed by atoms with van der Waals surface area (Å²) in [6.45, 7) is 7.56. The quantitative estimate of drug-likeness (QED) is 0.904. The summed E-state index contributed by atoms with van der Waals surface area (Å²) in [6, 6.07) is 7.23. The van der Waals surface area contributed by atoms with Crippen LogP contribution in [0, 0.1) is 5.92 Å². The van der Waals surface area contributed by atoms with Gasteiger partial charge in [-0.1, -0.05) is 25.4 Å². The number of hydrogen-bond acceptors (Lipinski definition) is 2. The Bertz CT molecular complexity index is 438. The highest BCUT2D eigenvalue weighted by Gasteiger charge is 2.22. The normalized spacial score (nSPS) is 17.4. The van der Waals surface area contributed by atoms with E-state index in [9.17, 15) is 4.79 Å². The average molecular weight is 295 g/mol. The van der Waals surface area contributed by atoms with E-state index in [2.05, 4.69) is 24.1 Å². The van der Waals surface area contributed by atoms with Crippen LogP contribution in [0.25, 0.3) is 0 Å². The third kappa shape index (κ3) is 4.22. The van der Waals surface area contributed by atoms with Gasteiger partial charge in [0.15, 0.2) is 0 Å². The van der Waals surface area contributed by atoms with Crippen LogP contribution in [0.5, 0.6) is 0 Å². The van der Waals surface area contributed by atoms with Crippen LogP contribution in [-0.4, -0.2) is 36.5 Å². The van der Waals surface area contributed by atoms with E-state index in [4.69, 9.17) is 11.6 Å². The van der Waals surface area contributed by atoms with Gasteiger partial charge in [-0.05, 0) is 56.1 Å². The van der Waals surface area contributed by atoms with Gasteiger partial charge in [-0.15, -0.1) is 0 Å². The molecular formula is C16H23ClN2O. The second-order valence-corrected chi connectivity index (χ2v) is 6.28. The van der Waals surface area contributed by atoms with Crippen LogP contribution in [-0.2, 0) is 0 Å². The predicted molar refractivity (Wildman–Crippen MR) is 83.2 cm³/mol. The largest absolute Gasteiger partial charge is 0.348 e. The van der Waals surface area contributed by atoms with Crippen molar-refractivity contribution >= 4 is 17.5 Å². The molecule has 0 aromatic heterocycles. The van der Waals surface area contributed by atoms with Gasteiger partial charge in [0.05, 0.1) is 0 Å². The fourth-order valence-electron chi connectivity index (χ4n) is 2.52. The molecule has 1 atom stereocenters. The number of likely N-dealkylation sites (tertiary alicyclic amines) is 1. The number of amides is 1. The number of hydrogen-bond donors (Lipinski definition) is 1. The molecule has 0 spiro atoms. The van der Waals surface area contributed by atoms with Crippen molar-refractivity contribution in [3.05, 3.63) is 34.9 Å². The number of carbonyl (C=O) groups excluding carboxylic acids is 1. The van der Waals surface area contributed by atoms with Gasteiger partial charge in [0.1, 0.15) is 0 Å². The van der Waals surface area contributed by atoms with Crippen molar-refractivity contribution in [2.75, 3.05) is 19.6 Å². The fourth-order valence-corrected chi connectivity index (χ4v) is 2.65. The third-order valence-electron chi connectivity index (χ3n) is 3.88. The van der Waals surface area contributed by atoms with Crippen molar-refractivity contribution in [2.24, 2.45) is 5.92 Å². The predicted octanol–water partition coefficient (Wildman–Crippen LogP) is 3.19. The Morgan fingerprint density at radius 2 is 1.85 bits per heavy atom. The molecule has 1 aromatic carbocycles. The van der Waals surface area contributed by atoms with E-state index in [1.165, 1.54) is 12.8 Å². The molecule has 1 saturated heterocycles. The molecule has 1 aliphatic heterocycles. The molecular weight excluding hydrogens is 272 g/mol. The van der Waals surface area contributed by atoms with Gasteiger partial charge in [0.2, 0.25) is 0 Å². The van der Waals surface area contributed by atoms with Crippen molar-refractivity contribution in [1.29, 1.82) is 0 Å². The highest BCUT2D eigenvalue weighted by molar-refractivity contribution is 6.30. The molecule has 1 aromatic rings. The highest BCUT2D eigenvalue weighted by atomic mass is 35.5. The van der Waals surface area contributed by atoms with Crippen molar-refractivity contribution in [3.8, 4) is 0 Å². The Morgan fingerprint density at radius 1 is 1.25 bits per heavy atom. The van der Waals surface area contributed by atoms with Gasteiger partial charge in [0, 0.05) is 23.2 Å². The minimum atomic E-state index is -0.0143. The van der Waals surface area contributed by atoms with E-state index < -0.39 is 0 Å². The molecule has 0 aliphatic carbocycles. The maximum Gasteiger partial charge on any atom is 0.251 e. The summed E-state index contributed by atoms with van der Waals surface area (Å²) in [5, 5.41) is 3.81. The van der Waals surface area contributed by atoms with E-state index in [1.54, 1.807) is 24.3 Å². The van der Waals surface area contributed by atoms with Crippen LogP contribution in [0.3, 0.4) is 0 Å². The molecule has 1 N–H and O–H groups in total. The van der Waals surface area contributed by atoms with Gasteiger partial charge in [-0.2, -0.15) is 0 Å². The Morgan fingerprint density at radius 3 is 2.40 bits per heavy atom. The Kier molecular flexibility index (Phi) is 5.44. The van der Waals surface area contributed by atoms with E-state index in [0.717, 1.165) is 19.6 Å². The summed E-state index contributed by atoms with van der Waals surface area (Å²) in [5.74, 6) is 0.409. The molecule has 0 radical (unpaired) electrons. The van der Waals surface area contributed by atoms with Crippen LogP contribution in [0.2, 0.25) is 5.02 Å². The molecule has 110 valence electrons. The Labute approximate surface area is 126 Å². The molecule has 1 unspecified atom stereocenters. The molecule has 0 bridgehead atoms. The van der Waals surface area contributed by atoms with Crippen molar-refractivity contribution < 1.29 is 4.79 Å². The highest BCUT2D eigenvalue weighted by Crippen LogP contribution is 2.13. The molecule has 1 aliphatic rings. The standard InChI is InChI=1S/C16H23ClN2O/c1-12(2)15(11-19-9-3-4-10-19)18-16(20)13-5-7-14(17)8-6-13/h5-8,12,15H,3-4,9-11H2,1-2H3,(H,18,20). The molecule has 1 heterocycles. The molecule has 20 heavy (non-hydrogen) atoms. The number of halogens is 1. The van der Waals surface area contributed by atoms with Gasteiger partial charge in [-0.25, -0.2) is 0 Å². The van der Waals surface area contributed by atoms with Gasteiger partial charge < -0.3 is 10.2 Å². The molecule has 4 heteroatoms. The zero-order valence-electron chi connectivity index (χ0n) is 12.2. The van der Waals surface area contributed by atoms with E-state index in [1.807, 2.05) is 0 Å². The fraction of sp³-hybridized carbons (Fsp3) is 0.562. The van der Waals surface area contributed by atoms with Crippen molar-refractivity contribution in [2.45, 2.75) is 32.7 Å². The summed E-state index contributed by atoms with van der Waals surface area (Å²) in [5.41, 5.74) is 0.668. The smallest absolute Gasteiger partial charge is 0.251 e. The second-order valence-electron chi connectivity index (χ2n) is 5.84. The topological polar surface area (TPSA) is 32.3 Å². The monoisotopic (exact) mass is 294 g/mol. The summed E-state index contributed by atoms with van der Waals surface area (Å²) >= 11 is 5.85. The van der Waals surface area contributed by atoms with Crippen LogP contribution in [0.15, 0.2) is 24.3 Å². The number of carbonyl (C=O) groups is 1. The molecule has 3 nitrogen and oxygen atoms in total. The molecule has 1 fully saturated rings. The Hall–Kier alpha value is -1.06. The average Bonchev–Trinajstić information content (AvgIpc) is 2.91. The lowest BCUT2D eigenvalue weighted by Crippen LogP contribution is -2.46.